The van der Waals surface area contributed by atoms with Gasteiger partial charge in [0.15, 0.2) is 0 Å². The molecule has 3 aromatic rings. The van der Waals surface area contributed by atoms with Gasteiger partial charge in [-0.2, -0.15) is 0 Å². The van der Waals surface area contributed by atoms with Crippen LogP contribution in [0, 0.1) is 0 Å². The van der Waals surface area contributed by atoms with Crippen molar-refractivity contribution in [2.75, 3.05) is 21.3 Å². The van der Waals surface area contributed by atoms with Gasteiger partial charge in [-0.3, -0.25) is 0 Å². The van der Waals surface area contributed by atoms with E-state index in [4.69, 9.17) is 18.9 Å². The molecule has 0 fully saturated rings. The van der Waals surface area contributed by atoms with Crippen molar-refractivity contribution in [3.05, 3.63) is 108 Å². The number of hydrogen-bond donors (Lipinski definition) is 1. The van der Waals surface area contributed by atoms with Crippen molar-refractivity contribution in [2.24, 2.45) is 0 Å². The number of hydrogen-bond acceptors (Lipinski definition) is 7. The Morgan fingerprint density at radius 3 is 1.91 bits per heavy atom. The molecule has 2 atom stereocenters. The molecule has 0 spiro atoms. The van der Waals surface area contributed by atoms with Crippen molar-refractivity contribution in [1.82, 2.24) is 0 Å². The summed E-state index contributed by atoms with van der Waals surface area (Å²) in [7, 11) is 3.78. The van der Waals surface area contributed by atoms with Crippen LogP contribution in [0.1, 0.15) is 16.7 Å². The first-order chi connectivity index (χ1) is 16.9. The Kier molecular flexibility index (Phi) is 8.41. The Balaban J connectivity index is 2.25. The van der Waals surface area contributed by atoms with E-state index in [1.54, 1.807) is 48.5 Å². The molecule has 0 amide bonds. The fraction of sp³-hybridized carbons (Fsp3) is 0.214. The molecule has 0 saturated carbocycles. The Labute approximate surface area is 204 Å². The van der Waals surface area contributed by atoms with Crippen LogP contribution in [-0.2, 0) is 36.0 Å². The van der Waals surface area contributed by atoms with Gasteiger partial charge in [-0.25, -0.2) is 9.59 Å². The van der Waals surface area contributed by atoms with Crippen molar-refractivity contribution in [3.8, 4) is 5.75 Å². The zero-order valence-corrected chi connectivity index (χ0v) is 19.8. The highest BCUT2D eigenvalue weighted by Crippen LogP contribution is 2.42. The highest BCUT2D eigenvalue weighted by molar-refractivity contribution is 5.96. The third kappa shape index (κ3) is 5.26. The predicted molar refractivity (Wildman–Crippen MR) is 130 cm³/mol. The SMILES string of the molecule is COC(=O)[C@@](OCc1ccccc1)(c1ccc(OC)cc1)[C@](O)(/C=C/c1ccccc1)C(=O)OC. The summed E-state index contributed by atoms with van der Waals surface area (Å²) in [6.07, 6.45) is 2.71. The molecule has 35 heavy (non-hydrogen) atoms. The molecule has 0 unspecified atom stereocenters. The molecule has 1 N–H and O–H groups in total. The maximum absolute atomic E-state index is 13.5. The van der Waals surface area contributed by atoms with Crippen molar-refractivity contribution in [1.29, 1.82) is 0 Å². The molecule has 3 aromatic carbocycles. The average Bonchev–Trinajstić information content (AvgIpc) is 2.92. The van der Waals surface area contributed by atoms with Crippen LogP contribution in [-0.4, -0.2) is 44.0 Å². The smallest absolute Gasteiger partial charge is 0.346 e. The summed E-state index contributed by atoms with van der Waals surface area (Å²) >= 11 is 0. The molecule has 3 rings (SSSR count). The quantitative estimate of drug-likeness (QED) is 0.444. The van der Waals surface area contributed by atoms with Gasteiger partial charge in [0.25, 0.3) is 0 Å². The molecule has 0 saturated heterocycles. The van der Waals surface area contributed by atoms with E-state index in [0.29, 0.717) is 16.9 Å². The van der Waals surface area contributed by atoms with E-state index < -0.39 is 23.1 Å². The van der Waals surface area contributed by atoms with Gasteiger partial charge in [-0.15, -0.1) is 0 Å². The molecule has 0 radical (unpaired) electrons. The molecule has 0 aliphatic heterocycles. The Hall–Kier alpha value is -3.94. The topological polar surface area (TPSA) is 91.3 Å². The summed E-state index contributed by atoms with van der Waals surface area (Å²) < 4.78 is 21.5. The first-order valence-corrected chi connectivity index (χ1v) is 10.9. The normalized spacial score (nSPS) is 14.5. The van der Waals surface area contributed by atoms with E-state index in [-0.39, 0.29) is 12.2 Å². The lowest BCUT2D eigenvalue weighted by molar-refractivity contribution is -0.218. The van der Waals surface area contributed by atoms with Crippen LogP contribution in [0.2, 0.25) is 0 Å². The minimum Gasteiger partial charge on any atom is -0.497 e. The lowest BCUT2D eigenvalue weighted by Gasteiger charge is -2.41. The molecule has 7 heteroatoms. The van der Waals surface area contributed by atoms with E-state index >= 15 is 0 Å². The lowest BCUT2D eigenvalue weighted by Crippen LogP contribution is -2.62. The van der Waals surface area contributed by atoms with Crippen LogP contribution in [0.15, 0.2) is 91.0 Å². The standard InChI is InChI=1S/C28H28O7/c1-32-24-16-14-23(15-17-24)28(26(30)34-3,35-20-22-12-8-5-9-13-22)27(31,25(29)33-2)19-18-21-10-6-4-7-11-21/h4-19,31H,20H2,1-3H3/b19-18+/t27-,28-/m0/s1. The maximum atomic E-state index is 13.5. The molecule has 0 aliphatic rings. The van der Waals surface area contributed by atoms with E-state index in [1.807, 2.05) is 24.3 Å². The van der Waals surface area contributed by atoms with E-state index in [9.17, 15) is 14.7 Å². The number of carbonyl (C=O) groups is 2. The van der Waals surface area contributed by atoms with Gasteiger partial charge in [0.05, 0.1) is 27.9 Å². The average molecular weight is 477 g/mol. The van der Waals surface area contributed by atoms with Crippen LogP contribution in [0.25, 0.3) is 6.08 Å². The second-order valence-corrected chi connectivity index (χ2v) is 7.68. The molecular weight excluding hydrogens is 448 g/mol. The van der Waals surface area contributed by atoms with Crippen molar-refractivity contribution < 1.29 is 33.6 Å². The largest absolute Gasteiger partial charge is 0.497 e. The van der Waals surface area contributed by atoms with E-state index in [0.717, 1.165) is 14.2 Å². The first kappa shape index (κ1) is 25.7. The summed E-state index contributed by atoms with van der Waals surface area (Å²) in [5.41, 5.74) is -3.34. The highest BCUT2D eigenvalue weighted by Gasteiger charge is 2.63. The Morgan fingerprint density at radius 1 is 0.800 bits per heavy atom. The fourth-order valence-corrected chi connectivity index (χ4v) is 3.75. The molecular formula is C28H28O7. The van der Waals surface area contributed by atoms with Crippen LogP contribution in [0.4, 0.5) is 0 Å². The van der Waals surface area contributed by atoms with Gasteiger partial charge in [0.2, 0.25) is 11.2 Å². The van der Waals surface area contributed by atoms with Crippen molar-refractivity contribution >= 4 is 18.0 Å². The maximum Gasteiger partial charge on any atom is 0.346 e. The van der Waals surface area contributed by atoms with E-state index in [1.165, 1.54) is 31.4 Å². The monoisotopic (exact) mass is 476 g/mol. The third-order valence-electron chi connectivity index (χ3n) is 5.62. The summed E-state index contributed by atoms with van der Waals surface area (Å²) in [6.45, 7) is -0.111. The first-order valence-electron chi connectivity index (χ1n) is 10.9. The van der Waals surface area contributed by atoms with Gasteiger partial charge in [0.1, 0.15) is 5.75 Å². The Morgan fingerprint density at radius 2 is 1.37 bits per heavy atom. The van der Waals surface area contributed by atoms with Crippen LogP contribution in [0.3, 0.4) is 0 Å². The number of esters is 2. The van der Waals surface area contributed by atoms with Crippen molar-refractivity contribution in [2.45, 2.75) is 17.8 Å². The van der Waals surface area contributed by atoms with Crippen LogP contribution < -0.4 is 4.74 Å². The molecule has 0 aromatic heterocycles. The second kappa shape index (κ2) is 11.5. The second-order valence-electron chi connectivity index (χ2n) is 7.68. The molecule has 0 bridgehead atoms. The van der Waals surface area contributed by atoms with Gasteiger partial charge in [0, 0.05) is 0 Å². The van der Waals surface area contributed by atoms with Gasteiger partial charge >= 0.3 is 11.9 Å². The number of aliphatic hydroxyl groups is 1. The zero-order chi connectivity index (χ0) is 25.3. The molecule has 0 heterocycles. The number of rotatable bonds is 10. The summed E-state index contributed by atoms with van der Waals surface area (Å²) in [5.74, 6) is -1.57. The highest BCUT2D eigenvalue weighted by atomic mass is 16.6. The molecule has 182 valence electrons. The summed E-state index contributed by atoms with van der Waals surface area (Å²) in [4.78, 5) is 26.7. The van der Waals surface area contributed by atoms with Gasteiger partial charge in [-0.1, -0.05) is 78.9 Å². The minimum absolute atomic E-state index is 0.111. The van der Waals surface area contributed by atoms with Gasteiger partial charge in [-0.05, 0) is 34.9 Å². The number of carbonyl (C=O) groups excluding carboxylic acids is 2. The van der Waals surface area contributed by atoms with Crippen molar-refractivity contribution in [3.63, 3.8) is 0 Å². The lowest BCUT2D eigenvalue weighted by atomic mass is 9.76. The number of benzene rings is 3. The Bertz CT molecular complexity index is 1140. The van der Waals surface area contributed by atoms with Gasteiger partial charge < -0.3 is 24.1 Å². The van der Waals surface area contributed by atoms with Crippen LogP contribution >= 0.6 is 0 Å². The number of methoxy groups -OCH3 is 3. The molecule has 7 nitrogen and oxygen atoms in total. The summed E-state index contributed by atoms with van der Waals surface area (Å²) in [5, 5.41) is 12.0. The minimum atomic E-state index is -2.60. The predicted octanol–water partition coefficient (Wildman–Crippen LogP) is 3.90. The fourth-order valence-electron chi connectivity index (χ4n) is 3.75. The van der Waals surface area contributed by atoms with Crippen LogP contribution in [0.5, 0.6) is 5.75 Å². The molecule has 0 aliphatic carbocycles. The third-order valence-corrected chi connectivity index (χ3v) is 5.62. The zero-order valence-electron chi connectivity index (χ0n) is 19.8. The van der Waals surface area contributed by atoms with E-state index in [2.05, 4.69) is 0 Å². The number of ether oxygens (including phenoxy) is 4. The summed E-state index contributed by atoms with van der Waals surface area (Å²) in [6, 6.07) is 24.3.